The van der Waals surface area contributed by atoms with Gasteiger partial charge < -0.3 is 15.5 Å². The van der Waals surface area contributed by atoms with Crippen LogP contribution < -0.4 is 5.32 Å². The van der Waals surface area contributed by atoms with Gasteiger partial charge in [-0.25, -0.2) is 0 Å². The Morgan fingerprint density at radius 2 is 1.61 bits per heavy atom. The number of phenolic OH excluding ortho intramolecular Hbond substituents is 2. The summed E-state index contributed by atoms with van der Waals surface area (Å²) in [6, 6.07) is 17.8. The molecule has 0 radical (unpaired) electrons. The molecule has 7 heteroatoms. The van der Waals surface area contributed by atoms with Gasteiger partial charge in [0, 0.05) is 23.7 Å². The smallest absolute Gasteiger partial charge is 0.246 e. The molecule has 0 unspecified atom stereocenters. The van der Waals surface area contributed by atoms with Gasteiger partial charge in [0.1, 0.15) is 17.2 Å². The van der Waals surface area contributed by atoms with Crippen molar-refractivity contribution in [2.24, 2.45) is 10.2 Å². The Balaban J connectivity index is 1.77. The van der Waals surface area contributed by atoms with Crippen LogP contribution in [0.15, 0.2) is 89.1 Å². The summed E-state index contributed by atoms with van der Waals surface area (Å²) < 4.78 is 0. The molecule has 0 spiro atoms. The van der Waals surface area contributed by atoms with Gasteiger partial charge >= 0.3 is 0 Å². The third-order valence-corrected chi connectivity index (χ3v) is 4.42. The summed E-state index contributed by atoms with van der Waals surface area (Å²) in [5, 5.41) is 31.0. The number of azo groups is 1. The van der Waals surface area contributed by atoms with Crippen molar-refractivity contribution in [3.05, 3.63) is 95.6 Å². The zero-order chi connectivity index (χ0) is 22.4. The van der Waals surface area contributed by atoms with Crippen molar-refractivity contribution >= 4 is 23.1 Å². The predicted molar refractivity (Wildman–Crippen MR) is 117 cm³/mol. The van der Waals surface area contributed by atoms with E-state index in [4.69, 9.17) is 0 Å². The van der Waals surface area contributed by atoms with Crippen LogP contribution in [0.1, 0.15) is 28.4 Å². The molecule has 3 N–H and O–H groups in total. The molecule has 0 aliphatic heterocycles. The van der Waals surface area contributed by atoms with E-state index in [0.717, 1.165) is 11.6 Å². The Kier molecular flexibility index (Phi) is 6.57. The normalized spacial score (nSPS) is 10.7. The van der Waals surface area contributed by atoms with Crippen LogP contribution in [0.4, 0.5) is 11.4 Å². The number of amides is 1. The number of carbonyl (C=O) groups excluding carboxylic acids is 2. The number of aromatic hydroxyl groups is 2. The summed E-state index contributed by atoms with van der Waals surface area (Å²) in [5.74, 6) is -1.25. The van der Waals surface area contributed by atoms with Crippen molar-refractivity contribution in [2.75, 3.05) is 0 Å². The van der Waals surface area contributed by atoms with Crippen LogP contribution in [-0.4, -0.2) is 21.9 Å². The number of nitrogens with one attached hydrogen (secondary N) is 1. The first-order chi connectivity index (χ1) is 14.8. The van der Waals surface area contributed by atoms with E-state index in [-0.39, 0.29) is 28.7 Å². The Morgan fingerprint density at radius 1 is 0.935 bits per heavy atom. The molecular formula is C24H21N3O4. The van der Waals surface area contributed by atoms with Crippen LogP contribution in [0.3, 0.4) is 0 Å². The van der Waals surface area contributed by atoms with Gasteiger partial charge in [-0.3, -0.25) is 9.59 Å². The maximum absolute atomic E-state index is 12.6. The first-order valence-corrected chi connectivity index (χ1v) is 9.45. The van der Waals surface area contributed by atoms with Crippen molar-refractivity contribution in [3.63, 3.8) is 0 Å². The van der Waals surface area contributed by atoms with Gasteiger partial charge in [0.15, 0.2) is 5.78 Å². The van der Waals surface area contributed by atoms with E-state index in [2.05, 4.69) is 22.1 Å². The van der Waals surface area contributed by atoms with Crippen molar-refractivity contribution < 1.29 is 19.8 Å². The highest BCUT2D eigenvalue weighted by atomic mass is 16.3. The average Bonchev–Trinajstić information content (AvgIpc) is 2.77. The van der Waals surface area contributed by atoms with Crippen LogP contribution in [0, 0.1) is 0 Å². The van der Waals surface area contributed by atoms with E-state index in [1.54, 1.807) is 61.5 Å². The third-order valence-electron chi connectivity index (χ3n) is 4.42. The highest BCUT2D eigenvalue weighted by molar-refractivity contribution is 6.11. The number of hydrogen-bond donors (Lipinski definition) is 3. The van der Waals surface area contributed by atoms with Gasteiger partial charge in [-0.1, -0.05) is 49.0 Å². The number of hydrogen-bond acceptors (Lipinski definition) is 6. The number of phenols is 2. The number of rotatable bonds is 7. The zero-order valence-electron chi connectivity index (χ0n) is 16.9. The summed E-state index contributed by atoms with van der Waals surface area (Å²) in [5.41, 5.74) is 2.29. The lowest BCUT2D eigenvalue weighted by Gasteiger charge is -2.07. The van der Waals surface area contributed by atoms with E-state index < -0.39 is 5.78 Å². The standard InChI is InChI=1S/C24H21N3O4/c1-15(2)24(31)25-14-16-8-10-18(11-9-16)26-27-20-12-19(21(28)13-22(20)29)23(30)17-6-4-3-5-7-17/h3-13,28-29H,1,14H2,2H3,(H,25,31). The monoisotopic (exact) mass is 415 g/mol. The van der Waals surface area contributed by atoms with E-state index >= 15 is 0 Å². The molecule has 156 valence electrons. The lowest BCUT2D eigenvalue weighted by molar-refractivity contribution is -0.117. The van der Waals surface area contributed by atoms with Crippen LogP contribution in [0.25, 0.3) is 0 Å². The van der Waals surface area contributed by atoms with Crippen LogP contribution >= 0.6 is 0 Å². The minimum absolute atomic E-state index is 0.0153. The van der Waals surface area contributed by atoms with Gasteiger partial charge in [0.2, 0.25) is 5.91 Å². The minimum atomic E-state index is -0.393. The molecule has 1 amide bonds. The fourth-order valence-corrected chi connectivity index (χ4v) is 2.70. The van der Waals surface area contributed by atoms with Crippen molar-refractivity contribution in [1.29, 1.82) is 0 Å². The maximum Gasteiger partial charge on any atom is 0.246 e. The molecule has 3 aromatic rings. The first-order valence-electron chi connectivity index (χ1n) is 9.45. The zero-order valence-corrected chi connectivity index (χ0v) is 16.9. The maximum atomic E-state index is 12.6. The topological polar surface area (TPSA) is 111 Å². The molecule has 0 atom stereocenters. The SMILES string of the molecule is C=C(C)C(=O)NCc1ccc(N=Nc2cc(C(=O)c3ccccc3)c(O)cc2O)cc1. The van der Waals surface area contributed by atoms with Gasteiger partial charge in [-0.2, -0.15) is 5.11 Å². The molecule has 3 aromatic carbocycles. The van der Waals surface area contributed by atoms with E-state index in [9.17, 15) is 19.8 Å². The molecule has 0 saturated heterocycles. The largest absolute Gasteiger partial charge is 0.507 e. The fourth-order valence-electron chi connectivity index (χ4n) is 2.70. The summed E-state index contributed by atoms with van der Waals surface area (Å²) in [7, 11) is 0. The van der Waals surface area contributed by atoms with Gasteiger partial charge in [-0.05, 0) is 30.7 Å². The van der Waals surface area contributed by atoms with Gasteiger partial charge in [0.05, 0.1) is 11.3 Å². The summed E-state index contributed by atoms with van der Waals surface area (Å²) in [4.78, 5) is 24.2. The number of nitrogens with zero attached hydrogens (tertiary/aromatic N) is 2. The Labute approximate surface area is 179 Å². The molecule has 0 aliphatic carbocycles. The van der Waals surface area contributed by atoms with E-state index in [1.807, 2.05) is 0 Å². The molecule has 3 rings (SSSR count). The summed E-state index contributed by atoms with van der Waals surface area (Å²) >= 11 is 0. The van der Waals surface area contributed by atoms with E-state index in [1.165, 1.54) is 6.07 Å². The summed E-state index contributed by atoms with van der Waals surface area (Å²) in [6.07, 6.45) is 0. The number of benzene rings is 3. The molecule has 0 aliphatic rings. The molecule has 0 bridgehead atoms. The Morgan fingerprint density at radius 3 is 2.26 bits per heavy atom. The fraction of sp³-hybridized carbons (Fsp3) is 0.0833. The highest BCUT2D eigenvalue weighted by Gasteiger charge is 2.17. The number of ketones is 1. The molecular weight excluding hydrogens is 394 g/mol. The molecule has 0 fully saturated rings. The average molecular weight is 415 g/mol. The van der Waals surface area contributed by atoms with Crippen LogP contribution in [0.5, 0.6) is 11.5 Å². The number of carbonyl (C=O) groups is 2. The Bertz CT molecular complexity index is 1150. The molecule has 0 aromatic heterocycles. The Hall–Kier alpha value is -4.26. The van der Waals surface area contributed by atoms with Crippen molar-refractivity contribution in [1.82, 2.24) is 5.32 Å². The van der Waals surface area contributed by atoms with Crippen molar-refractivity contribution in [2.45, 2.75) is 13.5 Å². The molecule has 31 heavy (non-hydrogen) atoms. The van der Waals surface area contributed by atoms with Crippen LogP contribution in [0.2, 0.25) is 0 Å². The second kappa shape index (κ2) is 9.49. The van der Waals surface area contributed by atoms with E-state index in [0.29, 0.717) is 23.4 Å². The second-order valence-corrected chi connectivity index (χ2v) is 6.88. The van der Waals surface area contributed by atoms with Crippen molar-refractivity contribution in [3.8, 4) is 11.5 Å². The molecule has 0 saturated carbocycles. The highest BCUT2D eigenvalue weighted by Crippen LogP contribution is 2.35. The third kappa shape index (κ3) is 5.42. The lowest BCUT2D eigenvalue weighted by Crippen LogP contribution is -2.22. The van der Waals surface area contributed by atoms with Gasteiger partial charge in [-0.15, -0.1) is 5.11 Å². The predicted octanol–water partition coefficient (Wildman–Crippen LogP) is 4.94. The van der Waals surface area contributed by atoms with Gasteiger partial charge in [0.25, 0.3) is 0 Å². The molecule has 0 heterocycles. The first kappa shape index (κ1) is 21.4. The summed E-state index contributed by atoms with van der Waals surface area (Å²) in [6.45, 7) is 5.57. The molecule has 7 nitrogen and oxygen atoms in total. The second-order valence-electron chi connectivity index (χ2n) is 6.88. The lowest BCUT2D eigenvalue weighted by atomic mass is 10.0. The minimum Gasteiger partial charge on any atom is -0.507 e. The quantitative estimate of drug-likeness (QED) is 0.288. The van der Waals surface area contributed by atoms with Crippen LogP contribution in [-0.2, 0) is 11.3 Å².